The Bertz CT molecular complexity index is 576. The molecule has 2 rings (SSSR count). The van der Waals surface area contributed by atoms with Crippen molar-refractivity contribution in [2.75, 3.05) is 47.2 Å². The van der Waals surface area contributed by atoms with Crippen LogP contribution in [0, 0.1) is 0 Å². The molecule has 1 atom stereocenters. The average Bonchev–Trinajstić information content (AvgIpc) is 2.67. The Morgan fingerprint density at radius 3 is 2.38 bits per heavy atom. The van der Waals surface area contributed by atoms with Gasteiger partial charge in [-0.1, -0.05) is 6.92 Å². The topological polar surface area (TPSA) is 55.3 Å². The van der Waals surface area contributed by atoms with Gasteiger partial charge in [0.15, 0.2) is 17.5 Å². The molecule has 1 aromatic rings. The Labute approximate surface area is 178 Å². The summed E-state index contributed by atoms with van der Waals surface area (Å²) < 4.78 is 16.2. The van der Waals surface area contributed by atoms with Crippen LogP contribution < -0.4 is 19.5 Å². The highest BCUT2D eigenvalue weighted by atomic mass is 127. The molecule has 1 unspecified atom stereocenters. The van der Waals surface area contributed by atoms with Crippen molar-refractivity contribution in [3.05, 3.63) is 17.7 Å². The molecule has 0 saturated carbocycles. The van der Waals surface area contributed by atoms with E-state index in [9.17, 15) is 0 Å². The molecule has 148 valence electrons. The Morgan fingerprint density at radius 2 is 1.88 bits per heavy atom. The molecular formula is C18H30IN3O3S. The van der Waals surface area contributed by atoms with Crippen LogP contribution in [0.2, 0.25) is 0 Å². The molecule has 6 nitrogen and oxygen atoms in total. The maximum Gasteiger partial charge on any atom is 0.203 e. The molecule has 0 bridgehead atoms. The van der Waals surface area contributed by atoms with Gasteiger partial charge in [-0.3, -0.25) is 4.99 Å². The SMILES string of the molecule is CCC1CN(C(=NC)NCc2cc(OC)c(OC)c(OC)c2)CCS1.I. The summed E-state index contributed by atoms with van der Waals surface area (Å²) in [6.07, 6.45) is 1.19. The van der Waals surface area contributed by atoms with Gasteiger partial charge in [-0.15, -0.1) is 24.0 Å². The van der Waals surface area contributed by atoms with Crippen molar-refractivity contribution < 1.29 is 14.2 Å². The fourth-order valence-corrected chi connectivity index (χ4v) is 4.09. The number of halogens is 1. The van der Waals surface area contributed by atoms with Crippen LogP contribution in [0.25, 0.3) is 0 Å². The monoisotopic (exact) mass is 495 g/mol. The van der Waals surface area contributed by atoms with E-state index in [4.69, 9.17) is 14.2 Å². The van der Waals surface area contributed by atoms with E-state index < -0.39 is 0 Å². The minimum Gasteiger partial charge on any atom is -0.493 e. The zero-order chi connectivity index (χ0) is 18.2. The van der Waals surface area contributed by atoms with E-state index in [1.807, 2.05) is 19.2 Å². The lowest BCUT2D eigenvalue weighted by Crippen LogP contribution is -2.47. The minimum atomic E-state index is 0. The maximum absolute atomic E-state index is 5.42. The lowest BCUT2D eigenvalue weighted by molar-refractivity contribution is 0.323. The zero-order valence-electron chi connectivity index (χ0n) is 16.2. The summed E-state index contributed by atoms with van der Waals surface area (Å²) in [6.45, 7) is 4.95. The van der Waals surface area contributed by atoms with Gasteiger partial charge in [-0.2, -0.15) is 11.8 Å². The molecule has 8 heteroatoms. The fourth-order valence-electron chi connectivity index (χ4n) is 2.91. The number of methoxy groups -OCH3 is 3. The summed E-state index contributed by atoms with van der Waals surface area (Å²) >= 11 is 2.05. The summed E-state index contributed by atoms with van der Waals surface area (Å²) in [6, 6.07) is 3.92. The summed E-state index contributed by atoms with van der Waals surface area (Å²) in [5.41, 5.74) is 1.05. The Kier molecular flexibility index (Phi) is 10.3. The summed E-state index contributed by atoms with van der Waals surface area (Å²) in [5.74, 6) is 4.01. The third-order valence-electron chi connectivity index (χ3n) is 4.28. The number of nitrogens with zero attached hydrogens (tertiary/aromatic N) is 2. The standard InChI is InChI=1S/C18H29N3O3S.HI/c1-6-14-12-21(7-8-25-14)18(19-2)20-11-13-9-15(22-3)17(24-5)16(10-13)23-4;/h9-10,14H,6-8,11-12H2,1-5H3,(H,19,20);1H. The van der Waals surface area contributed by atoms with E-state index in [2.05, 4.69) is 33.9 Å². The van der Waals surface area contributed by atoms with Crippen molar-refractivity contribution in [2.24, 2.45) is 4.99 Å². The number of hydrogen-bond acceptors (Lipinski definition) is 5. The number of thioether (sulfide) groups is 1. The van der Waals surface area contributed by atoms with Gasteiger partial charge in [-0.25, -0.2) is 0 Å². The van der Waals surface area contributed by atoms with E-state index in [-0.39, 0.29) is 24.0 Å². The van der Waals surface area contributed by atoms with Crippen LogP contribution in [-0.2, 0) is 6.54 Å². The molecule has 0 aromatic heterocycles. The van der Waals surface area contributed by atoms with Crippen molar-refractivity contribution in [1.29, 1.82) is 0 Å². The van der Waals surface area contributed by atoms with Crippen LogP contribution in [0.4, 0.5) is 0 Å². The molecule has 0 aliphatic carbocycles. The van der Waals surface area contributed by atoms with Gasteiger partial charge >= 0.3 is 0 Å². The third kappa shape index (κ3) is 5.73. The fraction of sp³-hybridized carbons (Fsp3) is 0.611. The Morgan fingerprint density at radius 1 is 1.23 bits per heavy atom. The van der Waals surface area contributed by atoms with Gasteiger partial charge in [0.25, 0.3) is 0 Å². The first-order chi connectivity index (χ1) is 12.2. The van der Waals surface area contributed by atoms with Gasteiger partial charge in [0.05, 0.1) is 21.3 Å². The highest BCUT2D eigenvalue weighted by molar-refractivity contribution is 14.0. The second-order valence-electron chi connectivity index (χ2n) is 5.78. The first-order valence-corrected chi connectivity index (χ1v) is 9.57. The zero-order valence-corrected chi connectivity index (χ0v) is 19.4. The van der Waals surface area contributed by atoms with Crippen molar-refractivity contribution >= 4 is 41.7 Å². The molecule has 1 heterocycles. The quantitative estimate of drug-likeness (QED) is 0.372. The second-order valence-corrected chi connectivity index (χ2v) is 7.19. The number of guanidine groups is 1. The number of benzene rings is 1. The summed E-state index contributed by atoms with van der Waals surface area (Å²) in [4.78, 5) is 6.79. The van der Waals surface area contributed by atoms with E-state index in [1.165, 1.54) is 6.42 Å². The van der Waals surface area contributed by atoms with Crippen LogP contribution in [0.5, 0.6) is 17.2 Å². The van der Waals surface area contributed by atoms with Gasteiger partial charge in [-0.05, 0) is 24.1 Å². The molecule has 0 spiro atoms. The van der Waals surface area contributed by atoms with Crippen molar-refractivity contribution in [1.82, 2.24) is 10.2 Å². The molecule has 1 aromatic carbocycles. The van der Waals surface area contributed by atoms with E-state index in [0.29, 0.717) is 29.0 Å². The smallest absolute Gasteiger partial charge is 0.203 e. The van der Waals surface area contributed by atoms with Gasteiger partial charge in [0, 0.05) is 37.7 Å². The van der Waals surface area contributed by atoms with Gasteiger partial charge in [0.1, 0.15) is 0 Å². The summed E-state index contributed by atoms with van der Waals surface area (Å²) in [5, 5.41) is 4.13. The third-order valence-corrected chi connectivity index (χ3v) is 5.65. The van der Waals surface area contributed by atoms with Gasteiger partial charge < -0.3 is 24.4 Å². The van der Waals surface area contributed by atoms with Crippen molar-refractivity contribution in [2.45, 2.75) is 25.1 Å². The van der Waals surface area contributed by atoms with E-state index in [1.54, 1.807) is 21.3 Å². The van der Waals surface area contributed by atoms with Crippen LogP contribution in [-0.4, -0.2) is 63.3 Å². The van der Waals surface area contributed by atoms with Crippen LogP contribution in [0.3, 0.4) is 0 Å². The van der Waals surface area contributed by atoms with Crippen LogP contribution in [0.15, 0.2) is 17.1 Å². The maximum atomic E-state index is 5.42. The molecule has 1 N–H and O–H groups in total. The summed E-state index contributed by atoms with van der Waals surface area (Å²) in [7, 11) is 6.70. The minimum absolute atomic E-state index is 0. The molecular weight excluding hydrogens is 465 g/mol. The number of nitrogens with one attached hydrogen (secondary N) is 1. The van der Waals surface area contributed by atoms with E-state index >= 15 is 0 Å². The predicted molar refractivity (Wildman–Crippen MR) is 120 cm³/mol. The highest BCUT2D eigenvalue weighted by Crippen LogP contribution is 2.38. The number of hydrogen-bond donors (Lipinski definition) is 1. The Balaban J connectivity index is 0.00000338. The molecule has 1 aliphatic rings. The van der Waals surface area contributed by atoms with Crippen LogP contribution >= 0.6 is 35.7 Å². The molecule has 0 radical (unpaired) electrons. The number of aliphatic imine (C=N–C) groups is 1. The van der Waals surface area contributed by atoms with Gasteiger partial charge in [0.2, 0.25) is 5.75 Å². The van der Waals surface area contributed by atoms with E-state index in [0.717, 1.165) is 30.4 Å². The molecule has 26 heavy (non-hydrogen) atoms. The molecule has 1 aliphatic heterocycles. The normalized spacial score (nSPS) is 17.3. The molecule has 0 amide bonds. The largest absolute Gasteiger partial charge is 0.493 e. The molecule has 1 fully saturated rings. The average molecular weight is 495 g/mol. The second kappa shape index (κ2) is 11.6. The highest BCUT2D eigenvalue weighted by Gasteiger charge is 2.21. The van der Waals surface area contributed by atoms with Crippen LogP contribution in [0.1, 0.15) is 18.9 Å². The lowest BCUT2D eigenvalue weighted by Gasteiger charge is -2.34. The Hall–Kier alpha value is -1.03. The van der Waals surface area contributed by atoms with Crippen molar-refractivity contribution in [3.63, 3.8) is 0 Å². The predicted octanol–water partition coefficient (Wildman–Crippen LogP) is 3.23. The van der Waals surface area contributed by atoms with Crippen molar-refractivity contribution in [3.8, 4) is 17.2 Å². The lowest BCUT2D eigenvalue weighted by atomic mass is 10.2. The first-order valence-electron chi connectivity index (χ1n) is 8.52. The number of ether oxygens (including phenoxy) is 3. The molecule has 1 saturated heterocycles. The first kappa shape index (κ1) is 23.0. The number of rotatable bonds is 6.